The third-order valence-corrected chi connectivity index (χ3v) is 6.32. The Morgan fingerprint density at radius 3 is 2.74 bits per heavy atom. The molecule has 0 N–H and O–H groups in total. The molecule has 3 aliphatic rings. The molecule has 27 heavy (non-hydrogen) atoms. The minimum absolute atomic E-state index is 0.0653. The third kappa shape index (κ3) is 2.68. The molecule has 6 nitrogen and oxygen atoms in total. The summed E-state index contributed by atoms with van der Waals surface area (Å²) >= 11 is 3.36. The molecule has 7 heteroatoms. The van der Waals surface area contributed by atoms with E-state index in [4.69, 9.17) is 0 Å². The van der Waals surface area contributed by atoms with Crippen LogP contribution in [0.15, 0.2) is 45.7 Å². The molecule has 0 unspecified atom stereocenters. The summed E-state index contributed by atoms with van der Waals surface area (Å²) in [4.78, 5) is 40.8. The molecule has 2 aromatic rings. The Morgan fingerprint density at radius 2 is 1.89 bits per heavy atom. The molecule has 5 rings (SSSR count). The number of pyridine rings is 1. The number of halogens is 1. The van der Waals surface area contributed by atoms with Gasteiger partial charge in [-0.25, -0.2) is 0 Å². The first-order valence-electron chi connectivity index (χ1n) is 9.09. The SMILES string of the molecule is O=C1C(=O)N(CN2C[C@H]3C[C@H](C2)c2cccc(=O)n2C3)c2ccc(Br)cc21. The summed E-state index contributed by atoms with van der Waals surface area (Å²) in [5.41, 5.74) is 2.29. The Bertz CT molecular complexity index is 1030. The lowest BCUT2D eigenvalue weighted by atomic mass is 9.83. The summed E-state index contributed by atoms with van der Waals surface area (Å²) in [6, 6.07) is 10.9. The number of rotatable bonds is 2. The Hall–Kier alpha value is -2.25. The fourth-order valence-electron chi connectivity index (χ4n) is 4.72. The number of amides is 1. The Morgan fingerprint density at radius 1 is 1.04 bits per heavy atom. The van der Waals surface area contributed by atoms with Crippen molar-refractivity contribution in [2.45, 2.75) is 18.9 Å². The van der Waals surface area contributed by atoms with Crippen LogP contribution in [0.2, 0.25) is 0 Å². The first-order chi connectivity index (χ1) is 13.0. The van der Waals surface area contributed by atoms with E-state index in [-0.39, 0.29) is 11.5 Å². The second-order valence-corrected chi connectivity index (χ2v) is 8.51. The fourth-order valence-corrected chi connectivity index (χ4v) is 5.09. The number of likely N-dealkylation sites (tertiary alicyclic amines) is 1. The van der Waals surface area contributed by atoms with E-state index in [0.29, 0.717) is 23.8 Å². The van der Waals surface area contributed by atoms with Gasteiger partial charge in [0.2, 0.25) is 0 Å². The fraction of sp³-hybridized carbons (Fsp3) is 0.350. The smallest absolute Gasteiger partial charge is 0.300 e. The van der Waals surface area contributed by atoms with Gasteiger partial charge in [0.15, 0.2) is 0 Å². The minimum Gasteiger partial charge on any atom is -0.312 e. The van der Waals surface area contributed by atoms with Gasteiger partial charge in [-0.3, -0.25) is 24.2 Å². The topological polar surface area (TPSA) is 62.6 Å². The van der Waals surface area contributed by atoms with Crippen molar-refractivity contribution in [3.8, 4) is 0 Å². The minimum atomic E-state index is -0.463. The van der Waals surface area contributed by atoms with Gasteiger partial charge in [-0.1, -0.05) is 22.0 Å². The number of carbonyl (C=O) groups excluding carboxylic acids is 2. The van der Waals surface area contributed by atoms with E-state index in [2.05, 4.69) is 20.8 Å². The van der Waals surface area contributed by atoms with Crippen molar-refractivity contribution in [2.75, 3.05) is 24.7 Å². The van der Waals surface area contributed by atoms with Crippen LogP contribution in [-0.2, 0) is 11.3 Å². The highest BCUT2D eigenvalue weighted by atomic mass is 79.9. The van der Waals surface area contributed by atoms with Crippen LogP contribution in [0.1, 0.15) is 28.4 Å². The van der Waals surface area contributed by atoms with Crippen molar-refractivity contribution in [3.05, 3.63) is 62.5 Å². The van der Waals surface area contributed by atoms with Gasteiger partial charge in [0, 0.05) is 41.8 Å². The van der Waals surface area contributed by atoms with Crippen LogP contribution in [0, 0.1) is 5.92 Å². The molecule has 3 aliphatic heterocycles. The summed E-state index contributed by atoms with van der Waals surface area (Å²) in [5, 5.41) is 0. The Balaban J connectivity index is 1.42. The number of fused-ring (bicyclic) bond motifs is 5. The largest absolute Gasteiger partial charge is 0.312 e. The number of Topliss-reactive ketones (excluding diaryl/α,β-unsaturated/α-hetero) is 1. The van der Waals surface area contributed by atoms with Crippen molar-refractivity contribution in [1.82, 2.24) is 9.47 Å². The average molecular weight is 428 g/mol. The van der Waals surface area contributed by atoms with Crippen LogP contribution in [-0.4, -0.2) is 40.9 Å². The molecule has 0 spiro atoms. The Labute approximate surface area is 164 Å². The number of piperidine rings is 1. The Kier molecular flexibility index (Phi) is 3.84. The van der Waals surface area contributed by atoms with Crippen molar-refractivity contribution < 1.29 is 9.59 Å². The lowest BCUT2D eigenvalue weighted by Crippen LogP contribution is -2.51. The number of hydrogen-bond donors (Lipinski definition) is 0. The first kappa shape index (κ1) is 16.9. The monoisotopic (exact) mass is 427 g/mol. The maximum atomic E-state index is 12.5. The molecular weight excluding hydrogens is 410 g/mol. The van der Waals surface area contributed by atoms with Crippen molar-refractivity contribution in [1.29, 1.82) is 0 Å². The lowest BCUT2D eigenvalue weighted by Gasteiger charge is -2.43. The molecule has 0 radical (unpaired) electrons. The molecule has 4 heterocycles. The molecule has 1 aromatic heterocycles. The highest BCUT2D eigenvalue weighted by Crippen LogP contribution is 2.36. The zero-order chi connectivity index (χ0) is 18.7. The standard InChI is InChI=1S/C20H18BrN3O3/c21-14-4-5-17-15(7-14)19(26)20(27)24(17)11-22-8-12-6-13(10-22)16-2-1-3-18(25)23(16)9-12/h1-5,7,12-13H,6,8-11H2/t12-,13-/m1/s1. The molecule has 1 amide bonds. The number of carbonyl (C=O) groups is 2. The first-order valence-corrected chi connectivity index (χ1v) is 9.88. The van der Waals surface area contributed by atoms with Crippen LogP contribution < -0.4 is 10.5 Å². The zero-order valence-electron chi connectivity index (χ0n) is 14.6. The van der Waals surface area contributed by atoms with Gasteiger partial charge in [-0.15, -0.1) is 0 Å². The number of ketones is 1. The second-order valence-electron chi connectivity index (χ2n) is 7.60. The van der Waals surface area contributed by atoms with Crippen LogP contribution in [0.25, 0.3) is 0 Å². The molecular formula is C20H18BrN3O3. The van der Waals surface area contributed by atoms with Gasteiger partial charge in [0.05, 0.1) is 17.9 Å². The number of nitrogens with zero attached hydrogens (tertiary/aromatic N) is 3. The van der Waals surface area contributed by atoms with E-state index in [9.17, 15) is 14.4 Å². The van der Waals surface area contributed by atoms with E-state index in [1.165, 1.54) is 0 Å². The molecule has 138 valence electrons. The normalized spacial score (nSPS) is 24.1. The summed E-state index contributed by atoms with van der Waals surface area (Å²) in [6.45, 7) is 2.73. The van der Waals surface area contributed by atoms with E-state index in [0.717, 1.165) is 36.2 Å². The predicted octanol–water partition coefficient (Wildman–Crippen LogP) is 2.22. The molecule has 2 atom stereocenters. The molecule has 1 fully saturated rings. The highest BCUT2D eigenvalue weighted by Gasteiger charge is 2.40. The average Bonchev–Trinajstić information content (AvgIpc) is 2.87. The van der Waals surface area contributed by atoms with Gasteiger partial charge in [-0.2, -0.15) is 0 Å². The molecule has 2 bridgehead atoms. The molecule has 0 saturated carbocycles. The van der Waals surface area contributed by atoms with Crippen LogP contribution in [0.5, 0.6) is 0 Å². The summed E-state index contributed by atoms with van der Waals surface area (Å²) < 4.78 is 2.69. The van der Waals surface area contributed by atoms with Gasteiger partial charge in [0.1, 0.15) is 0 Å². The van der Waals surface area contributed by atoms with Gasteiger partial charge >= 0.3 is 5.91 Å². The van der Waals surface area contributed by atoms with E-state index >= 15 is 0 Å². The molecule has 0 aliphatic carbocycles. The van der Waals surface area contributed by atoms with E-state index in [1.807, 2.05) is 28.8 Å². The highest BCUT2D eigenvalue weighted by molar-refractivity contribution is 9.10. The van der Waals surface area contributed by atoms with Gasteiger partial charge < -0.3 is 4.57 Å². The summed E-state index contributed by atoms with van der Waals surface area (Å²) in [5.74, 6) is -0.241. The van der Waals surface area contributed by atoms with Crippen molar-refractivity contribution in [3.63, 3.8) is 0 Å². The second kappa shape index (κ2) is 6.14. The molecule has 1 aromatic carbocycles. The van der Waals surface area contributed by atoms with Gasteiger partial charge in [-0.05, 0) is 36.6 Å². The number of benzene rings is 1. The number of anilines is 1. The zero-order valence-corrected chi connectivity index (χ0v) is 16.2. The number of aromatic nitrogens is 1. The molecule has 1 saturated heterocycles. The summed E-state index contributed by atoms with van der Waals surface area (Å²) in [6.07, 6.45) is 1.07. The predicted molar refractivity (Wildman–Crippen MR) is 104 cm³/mol. The number of hydrogen-bond acceptors (Lipinski definition) is 4. The van der Waals surface area contributed by atoms with Crippen molar-refractivity contribution >= 4 is 33.3 Å². The van der Waals surface area contributed by atoms with Crippen molar-refractivity contribution in [2.24, 2.45) is 5.92 Å². The maximum Gasteiger partial charge on any atom is 0.300 e. The lowest BCUT2D eigenvalue weighted by molar-refractivity contribution is -0.114. The van der Waals surface area contributed by atoms with Crippen LogP contribution in [0.4, 0.5) is 5.69 Å². The maximum absolute atomic E-state index is 12.5. The van der Waals surface area contributed by atoms with E-state index in [1.54, 1.807) is 17.0 Å². The van der Waals surface area contributed by atoms with E-state index < -0.39 is 11.7 Å². The van der Waals surface area contributed by atoms with Crippen LogP contribution >= 0.6 is 15.9 Å². The van der Waals surface area contributed by atoms with Crippen LogP contribution in [0.3, 0.4) is 0 Å². The summed E-state index contributed by atoms with van der Waals surface area (Å²) in [7, 11) is 0. The quantitative estimate of drug-likeness (QED) is 0.689. The third-order valence-electron chi connectivity index (χ3n) is 5.83. The van der Waals surface area contributed by atoms with Gasteiger partial charge in [0.25, 0.3) is 11.3 Å².